The number of methoxy groups -OCH3 is 1. The van der Waals surface area contributed by atoms with Gasteiger partial charge in [-0.1, -0.05) is 13.8 Å². The van der Waals surface area contributed by atoms with Crippen LogP contribution >= 0.6 is 0 Å². The van der Waals surface area contributed by atoms with Gasteiger partial charge >= 0.3 is 0 Å². The number of nitrogens with zero attached hydrogens (tertiary/aromatic N) is 1. The zero-order valence-corrected chi connectivity index (χ0v) is 11.8. The van der Waals surface area contributed by atoms with Gasteiger partial charge in [-0.15, -0.1) is 0 Å². The van der Waals surface area contributed by atoms with Crippen molar-refractivity contribution in [3.8, 4) is 5.75 Å². The molecule has 0 aliphatic carbocycles. The number of carbonyl (C=O) groups is 1. The molecule has 0 spiro atoms. The third-order valence-electron chi connectivity index (χ3n) is 3.00. The minimum absolute atomic E-state index is 0.128. The number of nitro benzene ring substituents is 1. The molecule has 1 rings (SSSR count). The maximum absolute atomic E-state index is 12.0. The fourth-order valence-electron chi connectivity index (χ4n) is 1.52. The van der Waals surface area contributed by atoms with E-state index in [4.69, 9.17) is 10.5 Å². The molecule has 0 aliphatic heterocycles. The lowest BCUT2D eigenvalue weighted by molar-refractivity contribution is -0.384. The van der Waals surface area contributed by atoms with Crippen molar-refractivity contribution in [2.45, 2.75) is 19.9 Å². The topological polar surface area (TPSA) is 107 Å². The summed E-state index contributed by atoms with van der Waals surface area (Å²) in [6.45, 7) is 4.25. The summed E-state index contributed by atoms with van der Waals surface area (Å²) in [6, 6.07) is 3.70. The maximum Gasteiger partial charge on any atom is 0.273 e. The number of hydrogen-bond donors (Lipinski definition) is 2. The van der Waals surface area contributed by atoms with E-state index in [-0.39, 0.29) is 34.9 Å². The van der Waals surface area contributed by atoms with Crippen molar-refractivity contribution < 1.29 is 14.5 Å². The lowest BCUT2D eigenvalue weighted by Crippen LogP contribution is -2.40. The minimum atomic E-state index is -0.543. The van der Waals surface area contributed by atoms with Gasteiger partial charge in [-0.2, -0.15) is 0 Å². The summed E-state index contributed by atoms with van der Waals surface area (Å²) in [5.41, 5.74) is 5.96. The zero-order valence-electron chi connectivity index (χ0n) is 11.8. The molecule has 0 fully saturated rings. The number of amides is 1. The molecule has 0 saturated heterocycles. The molecule has 0 radical (unpaired) electrons. The maximum atomic E-state index is 12.0. The van der Waals surface area contributed by atoms with E-state index in [1.807, 2.05) is 13.8 Å². The predicted molar refractivity (Wildman–Crippen MR) is 74.8 cm³/mol. The first-order valence-electron chi connectivity index (χ1n) is 6.23. The fourth-order valence-corrected chi connectivity index (χ4v) is 1.52. The Balaban J connectivity index is 2.85. The Morgan fingerprint density at radius 2 is 2.15 bits per heavy atom. The third kappa shape index (κ3) is 3.92. The summed E-state index contributed by atoms with van der Waals surface area (Å²) < 4.78 is 5.02. The molecule has 0 saturated carbocycles. The second kappa shape index (κ2) is 6.85. The number of benzene rings is 1. The van der Waals surface area contributed by atoms with E-state index in [1.54, 1.807) is 0 Å². The number of non-ortho nitro benzene ring substituents is 1. The largest absolute Gasteiger partial charge is 0.496 e. The van der Waals surface area contributed by atoms with Crippen LogP contribution in [0.15, 0.2) is 18.2 Å². The van der Waals surface area contributed by atoms with Gasteiger partial charge in [-0.3, -0.25) is 14.9 Å². The van der Waals surface area contributed by atoms with Gasteiger partial charge in [0.15, 0.2) is 0 Å². The van der Waals surface area contributed by atoms with Crippen molar-refractivity contribution in [1.29, 1.82) is 0 Å². The summed E-state index contributed by atoms with van der Waals surface area (Å²) in [4.78, 5) is 22.1. The Labute approximate surface area is 117 Å². The van der Waals surface area contributed by atoms with Gasteiger partial charge in [0.05, 0.1) is 23.7 Å². The third-order valence-corrected chi connectivity index (χ3v) is 3.00. The average molecular weight is 281 g/mol. The molecule has 1 aromatic carbocycles. The van der Waals surface area contributed by atoms with Crippen LogP contribution in [0.2, 0.25) is 0 Å². The van der Waals surface area contributed by atoms with Gasteiger partial charge in [0.1, 0.15) is 5.75 Å². The van der Waals surface area contributed by atoms with Crippen molar-refractivity contribution in [2.75, 3.05) is 13.7 Å². The highest BCUT2D eigenvalue weighted by Crippen LogP contribution is 2.24. The molecule has 20 heavy (non-hydrogen) atoms. The molecule has 1 unspecified atom stereocenters. The van der Waals surface area contributed by atoms with Crippen LogP contribution in [-0.2, 0) is 0 Å². The standard InChI is InChI=1S/C13H19N3O4/c1-8(2)11(14)7-15-13(17)10-5-4-9(16(18)19)6-12(10)20-3/h4-6,8,11H,7,14H2,1-3H3,(H,15,17). The van der Waals surface area contributed by atoms with E-state index < -0.39 is 4.92 Å². The molecule has 1 amide bonds. The van der Waals surface area contributed by atoms with E-state index in [9.17, 15) is 14.9 Å². The molecule has 3 N–H and O–H groups in total. The van der Waals surface area contributed by atoms with Crippen LogP contribution in [0, 0.1) is 16.0 Å². The lowest BCUT2D eigenvalue weighted by Gasteiger charge is -2.16. The first-order valence-corrected chi connectivity index (χ1v) is 6.23. The van der Waals surface area contributed by atoms with Crippen LogP contribution < -0.4 is 15.8 Å². The molecule has 1 aromatic rings. The van der Waals surface area contributed by atoms with Crippen LogP contribution in [-0.4, -0.2) is 30.5 Å². The highest BCUT2D eigenvalue weighted by atomic mass is 16.6. The molecule has 7 heteroatoms. The molecule has 0 bridgehead atoms. The van der Waals surface area contributed by atoms with E-state index in [0.717, 1.165) is 0 Å². The van der Waals surface area contributed by atoms with Crippen LogP contribution in [0.1, 0.15) is 24.2 Å². The Kier molecular flexibility index (Phi) is 5.45. The van der Waals surface area contributed by atoms with Crippen LogP contribution in [0.5, 0.6) is 5.75 Å². The molecule has 0 aliphatic rings. The molecule has 0 aromatic heterocycles. The summed E-state index contributed by atoms with van der Waals surface area (Å²) in [7, 11) is 1.36. The SMILES string of the molecule is COc1cc([N+](=O)[O-])ccc1C(=O)NCC(N)C(C)C. The number of nitrogens with two attached hydrogens (primary N) is 1. The summed E-state index contributed by atoms with van der Waals surface area (Å²) in [5, 5.41) is 13.4. The predicted octanol–water partition coefficient (Wildman–Crippen LogP) is 1.32. The molecular weight excluding hydrogens is 262 g/mol. The van der Waals surface area contributed by atoms with Gasteiger partial charge in [-0.25, -0.2) is 0 Å². The Morgan fingerprint density at radius 3 is 2.65 bits per heavy atom. The molecule has 0 heterocycles. The number of nitro groups is 1. The summed E-state index contributed by atoms with van der Waals surface area (Å²) in [6.07, 6.45) is 0. The van der Waals surface area contributed by atoms with Crippen LogP contribution in [0.25, 0.3) is 0 Å². The number of hydrogen-bond acceptors (Lipinski definition) is 5. The van der Waals surface area contributed by atoms with E-state index in [0.29, 0.717) is 6.54 Å². The van der Waals surface area contributed by atoms with Crippen molar-refractivity contribution in [2.24, 2.45) is 11.7 Å². The summed E-state index contributed by atoms with van der Waals surface area (Å²) >= 11 is 0. The van der Waals surface area contributed by atoms with Gasteiger partial charge in [0.2, 0.25) is 0 Å². The first kappa shape index (κ1) is 15.9. The van der Waals surface area contributed by atoms with Gasteiger partial charge in [0, 0.05) is 18.7 Å². The number of carbonyl (C=O) groups excluding carboxylic acids is 1. The smallest absolute Gasteiger partial charge is 0.273 e. The van der Waals surface area contributed by atoms with E-state index in [1.165, 1.54) is 25.3 Å². The molecule has 7 nitrogen and oxygen atoms in total. The van der Waals surface area contributed by atoms with Gasteiger partial charge in [0.25, 0.3) is 11.6 Å². The van der Waals surface area contributed by atoms with Gasteiger partial charge < -0.3 is 15.8 Å². The van der Waals surface area contributed by atoms with Crippen LogP contribution in [0.3, 0.4) is 0 Å². The van der Waals surface area contributed by atoms with Crippen molar-refractivity contribution in [3.05, 3.63) is 33.9 Å². The quantitative estimate of drug-likeness (QED) is 0.604. The van der Waals surface area contributed by atoms with Crippen molar-refractivity contribution in [3.63, 3.8) is 0 Å². The highest BCUT2D eigenvalue weighted by Gasteiger charge is 2.17. The van der Waals surface area contributed by atoms with Crippen molar-refractivity contribution in [1.82, 2.24) is 5.32 Å². The number of rotatable bonds is 6. The Morgan fingerprint density at radius 1 is 1.50 bits per heavy atom. The Bertz CT molecular complexity index is 502. The molecule has 110 valence electrons. The molecule has 1 atom stereocenters. The van der Waals surface area contributed by atoms with E-state index in [2.05, 4.69) is 5.32 Å². The second-order valence-corrected chi connectivity index (χ2v) is 4.76. The molecular formula is C13H19N3O4. The first-order chi connectivity index (χ1) is 9.36. The lowest BCUT2D eigenvalue weighted by atomic mass is 10.1. The fraction of sp³-hybridized carbons (Fsp3) is 0.462. The van der Waals surface area contributed by atoms with Crippen molar-refractivity contribution >= 4 is 11.6 Å². The zero-order chi connectivity index (χ0) is 15.3. The minimum Gasteiger partial charge on any atom is -0.496 e. The summed E-state index contributed by atoms with van der Waals surface area (Å²) in [5.74, 6) is 0.0386. The van der Waals surface area contributed by atoms with Gasteiger partial charge in [-0.05, 0) is 12.0 Å². The normalized spacial score (nSPS) is 12.1. The average Bonchev–Trinajstić information content (AvgIpc) is 2.43. The van der Waals surface area contributed by atoms with Crippen LogP contribution in [0.4, 0.5) is 5.69 Å². The Hall–Kier alpha value is -2.15. The number of nitrogens with one attached hydrogen (secondary N) is 1. The monoisotopic (exact) mass is 281 g/mol. The second-order valence-electron chi connectivity index (χ2n) is 4.76. The number of ether oxygens (including phenoxy) is 1. The highest BCUT2D eigenvalue weighted by molar-refractivity contribution is 5.97. The van der Waals surface area contributed by atoms with E-state index >= 15 is 0 Å².